The number of ether oxygens (including phenoxy) is 1. The van der Waals surface area contributed by atoms with E-state index in [0.717, 1.165) is 0 Å². The summed E-state index contributed by atoms with van der Waals surface area (Å²) in [4.78, 5) is 24.1. The largest absolute Gasteiger partial charge is 0.467 e. The Morgan fingerprint density at radius 3 is 2.73 bits per heavy atom. The van der Waals surface area contributed by atoms with E-state index in [4.69, 9.17) is 0 Å². The maximum absolute atomic E-state index is 11.4. The number of β-amino-alcohol motifs (C(OH)–C–C–N with tert-alkyl or cyclic N) is 1. The molecule has 5 nitrogen and oxygen atoms in total. The molecule has 0 aliphatic carbocycles. The van der Waals surface area contributed by atoms with Crippen molar-refractivity contribution < 1.29 is 19.4 Å². The zero-order valence-corrected chi connectivity index (χ0v) is 9.32. The lowest BCUT2D eigenvalue weighted by Crippen LogP contribution is -2.47. The SMILES string of the molecule is COC(=O)C(C)(O)CN1CC(C)CC1=O. The third-order valence-corrected chi connectivity index (χ3v) is 2.53. The van der Waals surface area contributed by atoms with Crippen LogP contribution in [0, 0.1) is 5.92 Å². The van der Waals surface area contributed by atoms with Crippen LogP contribution in [-0.2, 0) is 14.3 Å². The number of likely N-dealkylation sites (tertiary alicyclic amines) is 1. The Labute approximate surface area is 89.0 Å². The van der Waals surface area contributed by atoms with Gasteiger partial charge in [-0.1, -0.05) is 6.92 Å². The monoisotopic (exact) mass is 215 g/mol. The summed E-state index contributed by atoms with van der Waals surface area (Å²) < 4.78 is 4.46. The molecule has 1 saturated heterocycles. The normalized spacial score (nSPS) is 25.2. The third kappa shape index (κ3) is 2.68. The van der Waals surface area contributed by atoms with Crippen LogP contribution in [0.4, 0.5) is 0 Å². The lowest BCUT2D eigenvalue weighted by atomic mass is 10.1. The Bertz CT molecular complexity index is 275. The first-order valence-electron chi connectivity index (χ1n) is 4.95. The van der Waals surface area contributed by atoms with E-state index in [1.807, 2.05) is 6.92 Å². The Balaban J connectivity index is 2.61. The molecule has 86 valence electrons. The number of nitrogens with zero attached hydrogens (tertiary/aromatic N) is 1. The van der Waals surface area contributed by atoms with E-state index in [-0.39, 0.29) is 18.4 Å². The highest BCUT2D eigenvalue weighted by atomic mass is 16.5. The summed E-state index contributed by atoms with van der Waals surface area (Å²) in [5.41, 5.74) is -1.62. The Morgan fingerprint density at radius 2 is 2.33 bits per heavy atom. The van der Waals surface area contributed by atoms with Gasteiger partial charge in [0.2, 0.25) is 5.91 Å². The number of rotatable bonds is 3. The van der Waals surface area contributed by atoms with Crippen molar-refractivity contribution in [1.82, 2.24) is 4.90 Å². The molecular weight excluding hydrogens is 198 g/mol. The van der Waals surface area contributed by atoms with Crippen molar-refractivity contribution in [2.24, 2.45) is 5.92 Å². The molecule has 0 aromatic rings. The number of hydrogen-bond donors (Lipinski definition) is 1. The number of esters is 1. The molecule has 1 N–H and O–H groups in total. The molecule has 1 amide bonds. The van der Waals surface area contributed by atoms with Gasteiger partial charge in [0, 0.05) is 13.0 Å². The molecule has 1 fully saturated rings. The summed E-state index contributed by atoms with van der Waals surface area (Å²) in [6.45, 7) is 3.91. The first-order valence-corrected chi connectivity index (χ1v) is 4.95. The standard InChI is InChI=1S/C10H17NO4/c1-7-4-8(12)11(5-7)6-10(2,14)9(13)15-3/h7,14H,4-6H2,1-3H3. The minimum absolute atomic E-state index is 0.00282. The van der Waals surface area contributed by atoms with Gasteiger partial charge in [0.1, 0.15) is 0 Å². The van der Waals surface area contributed by atoms with Crippen molar-refractivity contribution in [3.8, 4) is 0 Å². The van der Waals surface area contributed by atoms with Gasteiger partial charge in [-0.15, -0.1) is 0 Å². The fourth-order valence-electron chi connectivity index (χ4n) is 1.78. The van der Waals surface area contributed by atoms with Gasteiger partial charge in [0.05, 0.1) is 13.7 Å². The molecule has 2 unspecified atom stereocenters. The highest BCUT2D eigenvalue weighted by Gasteiger charge is 2.38. The fraction of sp³-hybridized carbons (Fsp3) is 0.800. The zero-order chi connectivity index (χ0) is 11.6. The molecule has 1 aliphatic heterocycles. The summed E-state index contributed by atoms with van der Waals surface area (Å²) >= 11 is 0. The number of carbonyl (C=O) groups excluding carboxylic acids is 2. The second kappa shape index (κ2) is 4.18. The van der Waals surface area contributed by atoms with Crippen LogP contribution in [-0.4, -0.2) is 47.7 Å². The molecule has 15 heavy (non-hydrogen) atoms. The van der Waals surface area contributed by atoms with Gasteiger partial charge in [-0.05, 0) is 12.8 Å². The van der Waals surface area contributed by atoms with Crippen molar-refractivity contribution in [2.75, 3.05) is 20.2 Å². The number of hydrogen-bond acceptors (Lipinski definition) is 4. The van der Waals surface area contributed by atoms with E-state index in [1.165, 1.54) is 18.9 Å². The van der Waals surface area contributed by atoms with Gasteiger partial charge in [-0.25, -0.2) is 4.79 Å². The van der Waals surface area contributed by atoms with Gasteiger partial charge in [-0.3, -0.25) is 4.79 Å². The van der Waals surface area contributed by atoms with Crippen LogP contribution in [0.5, 0.6) is 0 Å². The third-order valence-electron chi connectivity index (χ3n) is 2.53. The molecule has 0 bridgehead atoms. The zero-order valence-electron chi connectivity index (χ0n) is 9.32. The predicted octanol–water partition coefficient (Wildman–Crippen LogP) is -0.221. The van der Waals surface area contributed by atoms with E-state index in [0.29, 0.717) is 13.0 Å². The van der Waals surface area contributed by atoms with Crippen LogP contribution in [0.15, 0.2) is 0 Å². The Hall–Kier alpha value is -1.10. The number of carbonyl (C=O) groups is 2. The summed E-state index contributed by atoms with van der Waals surface area (Å²) in [6.07, 6.45) is 0.483. The van der Waals surface area contributed by atoms with E-state index < -0.39 is 11.6 Å². The van der Waals surface area contributed by atoms with Crippen molar-refractivity contribution in [3.63, 3.8) is 0 Å². The number of methoxy groups -OCH3 is 1. The number of aliphatic hydroxyl groups is 1. The van der Waals surface area contributed by atoms with Crippen molar-refractivity contribution in [1.29, 1.82) is 0 Å². The molecule has 0 saturated carbocycles. The van der Waals surface area contributed by atoms with Crippen LogP contribution in [0.1, 0.15) is 20.3 Å². The van der Waals surface area contributed by atoms with Crippen LogP contribution >= 0.6 is 0 Å². The lowest BCUT2D eigenvalue weighted by molar-refractivity contribution is -0.163. The second-order valence-corrected chi connectivity index (χ2v) is 4.35. The van der Waals surface area contributed by atoms with Gasteiger partial charge in [-0.2, -0.15) is 0 Å². The van der Waals surface area contributed by atoms with Crippen molar-refractivity contribution in [2.45, 2.75) is 25.9 Å². The van der Waals surface area contributed by atoms with Crippen molar-refractivity contribution in [3.05, 3.63) is 0 Å². The maximum Gasteiger partial charge on any atom is 0.339 e. The molecule has 0 aromatic carbocycles. The van der Waals surface area contributed by atoms with Crippen LogP contribution in [0.25, 0.3) is 0 Å². The van der Waals surface area contributed by atoms with Crippen LogP contribution in [0.3, 0.4) is 0 Å². The van der Waals surface area contributed by atoms with Gasteiger partial charge in [0.15, 0.2) is 5.60 Å². The second-order valence-electron chi connectivity index (χ2n) is 4.35. The van der Waals surface area contributed by atoms with Crippen molar-refractivity contribution >= 4 is 11.9 Å². The van der Waals surface area contributed by atoms with Gasteiger partial charge >= 0.3 is 5.97 Å². The Morgan fingerprint density at radius 1 is 1.73 bits per heavy atom. The highest BCUT2D eigenvalue weighted by molar-refractivity contribution is 5.82. The molecular formula is C10H17NO4. The summed E-state index contributed by atoms with van der Waals surface area (Å²) in [7, 11) is 1.21. The molecule has 1 aliphatic rings. The fourth-order valence-corrected chi connectivity index (χ4v) is 1.78. The summed E-state index contributed by atoms with van der Waals surface area (Å²) in [6, 6.07) is 0. The van der Waals surface area contributed by atoms with E-state index in [2.05, 4.69) is 4.74 Å². The summed E-state index contributed by atoms with van der Waals surface area (Å²) in [5, 5.41) is 9.78. The molecule has 0 spiro atoms. The van der Waals surface area contributed by atoms with Crippen LogP contribution in [0.2, 0.25) is 0 Å². The topological polar surface area (TPSA) is 66.8 Å². The Kier molecular flexibility index (Phi) is 3.34. The van der Waals surface area contributed by atoms with Gasteiger partial charge < -0.3 is 14.7 Å². The van der Waals surface area contributed by atoms with Crippen LogP contribution < -0.4 is 0 Å². The molecule has 0 radical (unpaired) electrons. The molecule has 2 atom stereocenters. The number of amides is 1. The quantitative estimate of drug-likeness (QED) is 0.661. The first kappa shape index (κ1) is 12.0. The molecule has 0 aromatic heterocycles. The first-order chi connectivity index (χ1) is 6.86. The van der Waals surface area contributed by atoms with E-state index in [9.17, 15) is 14.7 Å². The molecule has 1 rings (SSSR count). The average Bonchev–Trinajstić information content (AvgIpc) is 2.43. The predicted molar refractivity (Wildman–Crippen MR) is 53.0 cm³/mol. The summed E-state index contributed by atoms with van der Waals surface area (Å²) in [5.74, 6) is -0.451. The minimum Gasteiger partial charge on any atom is -0.467 e. The minimum atomic E-state index is -1.62. The molecule has 1 heterocycles. The molecule has 5 heteroatoms. The lowest BCUT2D eigenvalue weighted by Gasteiger charge is -2.26. The highest BCUT2D eigenvalue weighted by Crippen LogP contribution is 2.19. The van der Waals surface area contributed by atoms with E-state index >= 15 is 0 Å². The smallest absolute Gasteiger partial charge is 0.339 e. The van der Waals surface area contributed by atoms with E-state index in [1.54, 1.807) is 0 Å². The average molecular weight is 215 g/mol. The van der Waals surface area contributed by atoms with Gasteiger partial charge in [0.25, 0.3) is 0 Å². The maximum atomic E-state index is 11.4.